The molecule has 220 valence electrons. The summed E-state index contributed by atoms with van der Waals surface area (Å²) in [7, 11) is 0. The molecule has 2 spiro atoms. The average Bonchev–Trinajstić information content (AvgIpc) is 3.43. The second-order valence-electron chi connectivity index (χ2n) is 13.8. The van der Waals surface area contributed by atoms with Crippen molar-refractivity contribution in [1.82, 2.24) is 9.80 Å². The van der Waals surface area contributed by atoms with Crippen molar-refractivity contribution in [2.24, 2.45) is 0 Å². The van der Waals surface area contributed by atoms with Gasteiger partial charge in [0.2, 0.25) is 0 Å². The van der Waals surface area contributed by atoms with E-state index in [9.17, 15) is 0 Å². The normalized spacial score (nSPS) is 31.9. The number of hydrogen-bond acceptors (Lipinski definition) is 6. The summed E-state index contributed by atoms with van der Waals surface area (Å²) in [5, 5.41) is 18.1. The zero-order chi connectivity index (χ0) is 28.6. The molecular formula is C36H44N4O2. The maximum Gasteiger partial charge on any atom is 0.123 e. The van der Waals surface area contributed by atoms with Crippen molar-refractivity contribution in [3.63, 3.8) is 0 Å². The number of hydrogen-bond donors (Lipinski definition) is 0. The van der Waals surface area contributed by atoms with Crippen LogP contribution in [0.3, 0.4) is 0 Å². The van der Waals surface area contributed by atoms with Crippen LogP contribution in [0.15, 0.2) is 36.4 Å². The van der Waals surface area contributed by atoms with Crippen molar-refractivity contribution in [2.75, 3.05) is 26.2 Å². The molecule has 6 aliphatic heterocycles. The Morgan fingerprint density at radius 1 is 0.619 bits per heavy atom. The molecular weight excluding hydrogens is 520 g/mol. The molecule has 0 amide bonds. The van der Waals surface area contributed by atoms with E-state index >= 15 is 0 Å². The van der Waals surface area contributed by atoms with Gasteiger partial charge in [0, 0.05) is 44.3 Å². The van der Waals surface area contributed by atoms with Crippen LogP contribution in [0.5, 0.6) is 11.5 Å². The van der Waals surface area contributed by atoms with Crippen LogP contribution in [0.4, 0.5) is 0 Å². The highest BCUT2D eigenvalue weighted by Gasteiger charge is 2.45. The van der Waals surface area contributed by atoms with Gasteiger partial charge >= 0.3 is 0 Å². The third-order valence-electron chi connectivity index (χ3n) is 11.0. The molecule has 6 heteroatoms. The number of rotatable bonds is 0. The standard InChI is InChI=1S/2C18H22N2O/c19-13-14-5-6-17-15(10-14)11-18(21-17)7-3-9-20-8-2-1-4-16(20)12-18;19-13-14-4-5-17-15(11-14)12-18(21-17)7-6-16-3-1-2-9-20(16)10-8-18/h5-6,10,16H,1-4,7-9,11-12H2;4-5,11,16H,1-3,6-10,12H2. The van der Waals surface area contributed by atoms with Crippen LogP contribution in [-0.2, 0) is 12.8 Å². The van der Waals surface area contributed by atoms with Gasteiger partial charge in [-0.15, -0.1) is 0 Å². The monoisotopic (exact) mass is 564 g/mol. The fourth-order valence-corrected chi connectivity index (χ4v) is 8.84. The van der Waals surface area contributed by atoms with E-state index < -0.39 is 0 Å². The van der Waals surface area contributed by atoms with Crippen LogP contribution >= 0.6 is 0 Å². The molecule has 0 bridgehead atoms. The van der Waals surface area contributed by atoms with E-state index in [0.29, 0.717) is 6.04 Å². The first-order valence-electron chi connectivity index (χ1n) is 16.5. The summed E-state index contributed by atoms with van der Waals surface area (Å²) in [5.74, 6) is 2.02. The van der Waals surface area contributed by atoms with E-state index in [1.165, 1.54) is 88.7 Å². The highest BCUT2D eigenvalue weighted by Crippen LogP contribution is 2.45. The van der Waals surface area contributed by atoms with Crippen LogP contribution in [0.25, 0.3) is 0 Å². The van der Waals surface area contributed by atoms with Crippen LogP contribution in [-0.4, -0.2) is 59.3 Å². The molecule has 0 aromatic heterocycles. The number of nitrogens with zero attached hydrogens (tertiary/aromatic N) is 4. The minimum absolute atomic E-state index is 0.00620. The van der Waals surface area contributed by atoms with Gasteiger partial charge in [0.05, 0.1) is 23.3 Å². The van der Waals surface area contributed by atoms with Gasteiger partial charge in [-0.05, 0) is 119 Å². The van der Waals surface area contributed by atoms with E-state index in [1.807, 2.05) is 36.4 Å². The summed E-state index contributed by atoms with van der Waals surface area (Å²) in [4.78, 5) is 5.37. The molecule has 0 aliphatic carbocycles. The second-order valence-corrected chi connectivity index (χ2v) is 13.8. The van der Waals surface area contributed by atoms with Crippen molar-refractivity contribution >= 4 is 0 Å². The van der Waals surface area contributed by atoms with E-state index in [2.05, 4.69) is 21.9 Å². The molecule has 42 heavy (non-hydrogen) atoms. The number of piperidine rings is 2. The zero-order valence-electron chi connectivity index (χ0n) is 25.0. The lowest BCUT2D eigenvalue weighted by atomic mass is 9.85. The molecule has 4 atom stereocenters. The fraction of sp³-hybridized carbons (Fsp3) is 0.611. The fourth-order valence-electron chi connectivity index (χ4n) is 8.84. The maximum absolute atomic E-state index is 9.07. The average molecular weight is 565 g/mol. The first kappa shape index (κ1) is 27.8. The topological polar surface area (TPSA) is 72.5 Å². The van der Waals surface area contributed by atoms with Crippen molar-refractivity contribution in [1.29, 1.82) is 10.5 Å². The third-order valence-corrected chi connectivity index (χ3v) is 11.0. The summed E-state index contributed by atoms with van der Waals surface area (Å²) in [6.07, 6.45) is 17.2. The van der Waals surface area contributed by atoms with Gasteiger partial charge in [-0.1, -0.05) is 12.8 Å². The van der Waals surface area contributed by atoms with Gasteiger partial charge < -0.3 is 19.3 Å². The van der Waals surface area contributed by atoms with Crippen molar-refractivity contribution in [2.45, 2.75) is 113 Å². The molecule has 8 rings (SSSR count). The smallest absolute Gasteiger partial charge is 0.123 e. The van der Waals surface area contributed by atoms with Crippen LogP contribution in [0, 0.1) is 22.7 Å². The highest BCUT2D eigenvalue weighted by molar-refractivity contribution is 5.47. The Morgan fingerprint density at radius 2 is 1.21 bits per heavy atom. The molecule has 6 heterocycles. The first-order chi connectivity index (χ1) is 20.6. The lowest BCUT2D eigenvalue weighted by Crippen LogP contribution is -2.44. The molecule has 4 fully saturated rings. The lowest BCUT2D eigenvalue weighted by Gasteiger charge is -2.37. The maximum atomic E-state index is 9.07. The van der Waals surface area contributed by atoms with Gasteiger partial charge in [-0.2, -0.15) is 10.5 Å². The molecule has 2 aromatic carbocycles. The number of ether oxygens (including phenoxy) is 2. The van der Waals surface area contributed by atoms with Gasteiger partial charge in [-0.3, -0.25) is 0 Å². The Balaban J connectivity index is 0.000000137. The van der Waals surface area contributed by atoms with E-state index in [-0.39, 0.29) is 11.2 Å². The number of benzene rings is 2. The first-order valence-corrected chi connectivity index (χ1v) is 16.5. The van der Waals surface area contributed by atoms with Gasteiger partial charge in [0.25, 0.3) is 0 Å². The molecule has 4 saturated heterocycles. The molecule has 6 aliphatic rings. The van der Waals surface area contributed by atoms with Crippen molar-refractivity contribution < 1.29 is 9.47 Å². The lowest BCUT2D eigenvalue weighted by molar-refractivity contribution is 0.0496. The van der Waals surface area contributed by atoms with Crippen LogP contribution in [0.1, 0.15) is 99.3 Å². The summed E-state index contributed by atoms with van der Waals surface area (Å²) < 4.78 is 12.8. The third kappa shape index (κ3) is 5.52. The Morgan fingerprint density at radius 3 is 1.90 bits per heavy atom. The largest absolute Gasteiger partial charge is 0.487 e. The summed E-state index contributed by atoms with van der Waals surface area (Å²) in [6, 6.07) is 17.7. The molecule has 0 N–H and O–H groups in total. The second kappa shape index (κ2) is 11.6. The Bertz CT molecular complexity index is 1370. The zero-order valence-corrected chi connectivity index (χ0v) is 25.0. The Kier molecular flexibility index (Phi) is 7.63. The molecule has 4 unspecified atom stereocenters. The van der Waals surface area contributed by atoms with Gasteiger partial charge in [0.1, 0.15) is 22.7 Å². The minimum Gasteiger partial charge on any atom is -0.487 e. The van der Waals surface area contributed by atoms with E-state index in [1.54, 1.807) is 0 Å². The van der Waals surface area contributed by atoms with E-state index in [4.69, 9.17) is 20.0 Å². The predicted octanol–water partition coefficient (Wildman–Crippen LogP) is 6.54. The Labute approximate surface area is 251 Å². The van der Waals surface area contributed by atoms with Crippen molar-refractivity contribution in [3.8, 4) is 23.6 Å². The molecule has 2 aromatic rings. The minimum atomic E-state index is -0.00678. The van der Waals surface area contributed by atoms with E-state index in [0.717, 1.165) is 67.2 Å². The summed E-state index contributed by atoms with van der Waals surface area (Å²) >= 11 is 0. The molecule has 0 saturated carbocycles. The molecule has 0 radical (unpaired) electrons. The molecule has 6 nitrogen and oxygen atoms in total. The predicted molar refractivity (Wildman–Crippen MR) is 163 cm³/mol. The van der Waals surface area contributed by atoms with Gasteiger partial charge in [-0.25, -0.2) is 0 Å². The summed E-state index contributed by atoms with van der Waals surface area (Å²) in [6.45, 7) is 4.94. The summed E-state index contributed by atoms with van der Waals surface area (Å²) in [5.41, 5.74) is 3.95. The quantitative estimate of drug-likeness (QED) is 0.362. The van der Waals surface area contributed by atoms with Crippen molar-refractivity contribution in [3.05, 3.63) is 58.7 Å². The SMILES string of the molecule is N#Cc1ccc2c(c1)CC1(CCC3CCCCN3CC1)O2.N#Cc1ccc2c(c1)CC1(CCCN3CCCCC3C1)O2. The van der Waals surface area contributed by atoms with Crippen LogP contribution < -0.4 is 9.47 Å². The Hall–Kier alpha value is -3.06. The van der Waals surface area contributed by atoms with Gasteiger partial charge in [0.15, 0.2) is 0 Å². The van der Waals surface area contributed by atoms with Crippen LogP contribution in [0.2, 0.25) is 0 Å². The number of fused-ring (bicyclic) bond motifs is 4. The number of nitriles is 2. The highest BCUT2D eigenvalue weighted by atomic mass is 16.5.